The molecule has 0 fully saturated rings. The van der Waals surface area contributed by atoms with Gasteiger partial charge in [0.1, 0.15) is 0 Å². The molecule has 0 aliphatic heterocycles. The Hall–Kier alpha value is -1.99. The Morgan fingerprint density at radius 2 is 1.73 bits per heavy atom. The summed E-state index contributed by atoms with van der Waals surface area (Å²) < 4.78 is 0. The average Bonchev–Trinajstić information content (AvgIpc) is 2.56. The van der Waals surface area contributed by atoms with E-state index in [1.165, 1.54) is 11.1 Å². The van der Waals surface area contributed by atoms with Crippen molar-refractivity contribution in [3.8, 4) is 12.3 Å². The smallest absolute Gasteiger partial charge is 0.192 e. The predicted molar refractivity (Wildman–Crippen MR) is 94.7 cm³/mol. The summed E-state index contributed by atoms with van der Waals surface area (Å²) in [5.41, 5.74) is 2.54. The molecule has 0 heterocycles. The zero-order valence-electron chi connectivity index (χ0n) is 14.0. The third-order valence-electron chi connectivity index (χ3n) is 3.45. The third kappa shape index (κ3) is 6.64. The van der Waals surface area contributed by atoms with Gasteiger partial charge in [-0.25, -0.2) is 4.99 Å². The van der Waals surface area contributed by atoms with Crippen LogP contribution in [-0.2, 0) is 13.1 Å². The predicted octanol–water partition coefficient (Wildman–Crippen LogP) is 2.22. The lowest BCUT2D eigenvalue weighted by molar-refractivity contribution is 0.296. The molecule has 0 spiro atoms. The van der Waals surface area contributed by atoms with Crippen LogP contribution in [0.1, 0.15) is 31.9 Å². The molecule has 0 bridgehead atoms. The minimum absolute atomic E-state index is 0.481. The minimum Gasteiger partial charge on any atom is -0.357 e. The van der Waals surface area contributed by atoms with Gasteiger partial charge in [0.05, 0.1) is 13.1 Å². The number of hydrogen-bond acceptors (Lipinski definition) is 2. The van der Waals surface area contributed by atoms with Crippen LogP contribution in [0.15, 0.2) is 29.3 Å². The van der Waals surface area contributed by atoms with Gasteiger partial charge in [0.2, 0.25) is 0 Å². The zero-order valence-corrected chi connectivity index (χ0v) is 14.0. The molecule has 0 aliphatic carbocycles. The first kappa shape index (κ1) is 18.1. The molecule has 22 heavy (non-hydrogen) atoms. The molecule has 4 heteroatoms. The van der Waals surface area contributed by atoms with Gasteiger partial charge in [-0.1, -0.05) is 44.0 Å². The molecule has 0 aliphatic rings. The fourth-order valence-electron chi connectivity index (χ4n) is 2.10. The Bertz CT molecular complexity index is 481. The summed E-state index contributed by atoms with van der Waals surface area (Å²) in [4.78, 5) is 6.94. The highest BCUT2D eigenvalue weighted by Gasteiger charge is 2.01. The number of nitrogens with one attached hydrogen (secondary N) is 2. The maximum Gasteiger partial charge on any atom is 0.192 e. The number of hydrogen-bond donors (Lipinski definition) is 2. The number of benzene rings is 1. The molecule has 0 radical (unpaired) electrons. The summed E-state index contributed by atoms with van der Waals surface area (Å²) in [5.74, 6) is 3.31. The first-order valence-corrected chi connectivity index (χ1v) is 7.99. The van der Waals surface area contributed by atoms with Crippen LogP contribution in [0.4, 0.5) is 0 Å². The van der Waals surface area contributed by atoms with Crippen LogP contribution in [0, 0.1) is 12.3 Å². The van der Waals surface area contributed by atoms with Gasteiger partial charge in [0, 0.05) is 13.1 Å². The molecule has 1 aromatic carbocycles. The molecule has 0 saturated heterocycles. The fraction of sp³-hybridized carbons (Fsp3) is 0.500. The summed E-state index contributed by atoms with van der Waals surface area (Å²) in [6.07, 6.45) is 5.26. The summed E-state index contributed by atoms with van der Waals surface area (Å²) in [6.45, 7) is 11.5. The molecule has 0 unspecified atom stereocenters. The van der Waals surface area contributed by atoms with Gasteiger partial charge < -0.3 is 10.6 Å². The van der Waals surface area contributed by atoms with Crippen molar-refractivity contribution < 1.29 is 0 Å². The summed E-state index contributed by atoms with van der Waals surface area (Å²) >= 11 is 0. The Morgan fingerprint density at radius 3 is 2.27 bits per heavy atom. The number of nitrogens with zero attached hydrogens (tertiary/aromatic N) is 2. The van der Waals surface area contributed by atoms with Crippen molar-refractivity contribution in [2.75, 3.05) is 26.2 Å². The second-order valence-corrected chi connectivity index (χ2v) is 5.03. The van der Waals surface area contributed by atoms with E-state index in [9.17, 15) is 0 Å². The topological polar surface area (TPSA) is 39.7 Å². The van der Waals surface area contributed by atoms with Crippen molar-refractivity contribution in [3.05, 3.63) is 35.4 Å². The van der Waals surface area contributed by atoms with Gasteiger partial charge in [-0.05, 0) is 31.1 Å². The average molecular weight is 300 g/mol. The Morgan fingerprint density at radius 1 is 1.09 bits per heavy atom. The summed E-state index contributed by atoms with van der Waals surface area (Å²) in [7, 11) is 0. The molecule has 0 saturated carbocycles. The zero-order chi connectivity index (χ0) is 16.2. The van der Waals surface area contributed by atoms with Gasteiger partial charge in [0.15, 0.2) is 5.96 Å². The van der Waals surface area contributed by atoms with Gasteiger partial charge >= 0.3 is 0 Å². The van der Waals surface area contributed by atoms with Crippen LogP contribution in [0.2, 0.25) is 0 Å². The first-order valence-electron chi connectivity index (χ1n) is 7.99. The molecule has 120 valence electrons. The van der Waals surface area contributed by atoms with Crippen LogP contribution in [-0.4, -0.2) is 37.0 Å². The Kier molecular flexibility index (Phi) is 8.78. The van der Waals surface area contributed by atoms with Crippen molar-refractivity contribution in [1.29, 1.82) is 0 Å². The van der Waals surface area contributed by atoms with Crippen LogP contribution < -0.4 is 10.6 Å². The van der Waals surface area contributed by atoms with Crippen molar-refractivity contribution in [3.63, 3.8) is 0 Å². The number of terminal acetylenes is 1. The lowest BCUT2D eigenvalue weighted by Crippen LogP contribution is -2.37. The van der Waals surface area contributed by atoms with Gasteiger partial charge in [-0.2, -0.15) is 0 Å². The normalized spacial score (nSPS) is 11.3. The van der Waals surface area contributed by atoms with Crippen molar-refractivity contribution >= 4 is 5.96 Å². The second kappa shape index (κ2) is 10.7. The monoisotopic (exact) mass is 300 g/mol. The van der Waals surface area contributed by atoms with E-state index in [1.807, 2.05) is 6.92 Å². The molecule has 2 N–H and O–H groups in total. The quantitative estimate of drug-likeness (QED) is 0.439. The fourth-order valence-corrected chi connectivity index (χ4v) is 2.10. The second-order valence-electron chi connectivity index (χ2n) is 5.03. The van der Waals surface area contributed by atoms with Crippen molar-refractivity contribution in [2.45, 2.75) is 33.9 Å². The van der Waals surface area contributed by atoms with E-state index < -0.39 is 0 Å². The third-order valence-corrected chi connectivity index (χ3v) is 3.45. The van der Waals surface area contributed by atoms with Gasteiger partial charge in [-0.15, -0.1) is 6.42 Å². The van der Waals surface area contributed by atoms with Crippen LogP contribution in [0.5, 0.6) is 0 Å². The van der Waals surface area contributed by atoms with Crippen LogP contribution in [0.3, 0.4) is 0 Å². The van der Waals surface area contributed by atoms with Crippen LogP contribution in [0.25, 0.3) is 0 Å². The molecule has 0 aromatic heterocycles. The Balaban J connectivity index is 2.60. The number of rotatable bonds is 8. The van der Waals surface area contributed by atoms with Gasteiger partial charge in [0.25, 0.3) is 0 Å². The molecule has 0 amide bonds. The molecule has 0 atom stereocenters. The van der Waals surface area contributed by atoms with Crippen molar-refractivity contribution in [1.82, 2.24) is 15.5 Å². The number of aliphatic imine (C=N–C) groups is 1. The maximum atomic E-state index is 5.26. The minimum atomic E-state index is 0.481. The largest absolute Gasteiger partial charge is 0.357 e. The van der Waals surface area contributed by atoms with E-state index in [1.54, 1.807) is 0 Å². The van der Waals surface area contributed by atoms with E-state index in [2.05, 4.69) is 64.6 Å². The molecule has 1 aromatic rings. The Labute approximate surface area is 135 Å². The van der Waals surface area contributed by atoms with E-state index in [0.717, 1.165) is 32.1 Å². The van der Waals surface area contributed by atoms with E-state index >= 15 is 0 Å². The highest BCUT2D eigenvalue weighted by molar-refractivity contribution is 5.79. The summed E-state index contributed by atoms with van der Waals surface area (Å²) in [5, 5.41) is 6.27. The SMILES string of the molecule is C#CCNC(=NCc1ccc(CN(CC)CC)cc1)NCC. The molecule has 1 rings (SSSR count). The molecular weight excluding hydrogens is 272 g/mol. The summed E-state index contributed by atoms with van der Waals surface area (Å²) in [6, 6.07) is 8.66. The maximum absolute atomic E-state index is 5.26. The number of guanidine groups is 1. The van der Waals surface area contributed by atoms with Gasteiger partial charge in [-0.3, -0.25) is 4.90 Å². The van der Waals surface area contributed by atoms with E-state index in [0.29, 0.717) is 13.1 Å². The first-order chi connectivity index (χ1) is 10.7. The highest BCUT2D eigenvalue weighted by Crippen LogP contribution is 2.08. The van der Waals surface area contributed by atoms with E-state index in [4.69, 9.17) is 6.42 Å². The standard InChI is InChI=1S/C18H28N4/c1-5-13-20-18(19-6-2)21-14-16-9-11-17(12-10-16)15-22(7-3)8-4/h1,9-12H,6-8,13-15H2,2-4H3,(H2,19,20,21). The van der Waals surface area contributed by atoms with Crippen LogP contribution >= 0.6 is 0 Å². The molecule has 4 nitrogen and oxygen atoms in total. The molecular formula is C18H28N4. The van der Waals surface area contributed by atoms with E-state index in [-0.39, 0.29) is 0 Å². The highest BCUT2D eigenvalue weighted by atomic mass is 15.2. The lowest BCUT2D eigenvalue weighted by atomic mass is 10.1. The van der Waals surface area contributed by atoms with Crippen molar-refractivity contribution in [2.24, 2.45) is 4.99 Å². The lowest BCUT2D eigenvalue weighted by Gasteiger charge is -2.18.